The molecule has 0 bridgehead atoms. The van der Waals surface area contributed by atoms with E-state index in [9.17, 15) is 0 Å². The Kier molecular flexibility index (Phi) is 3.07. The fourth-order valence-electron chi connectivity index (χ4n) is 2.49. The Bertz CT molecular complexity index is 514. The lowest BCUT2D eigenvalue weighted by Gasteiger charge is -2.22. The van der Waals surface area contributed by atoms with Gasteiger partial charge in [0.1, 0.15) is 0 Å². The first kappa shape index (κ1) is 11.1. The standard InChI is InChI=1S/C13H17N3S/c1-17-13-15-11-5-4-9(7-12(11)16-13)10-3-2-6-14-8-10/h4-5,7,10,14H,2-3,6,8H2,1H3,(H,15,16). The SMILES string of the molecule is CSc1nc2ccc(C3CCCNC3)cc2[nH]1. The lowest BCUT2D eigenvalue weighted by atomic mass is 9.91. The second-order valence-corrected chi connectivity index (χ2v) is 5.36. The zero-order valence-electron chi connectivity index (χ0n) is 9.99. The van der Waals surface area contributed by atoms with Crippen LogP contribution in [-0.2, 0) is 0 Å². The second kappa shape index (κ2) is 4.70. The molecule has 1 aliphatic heterocycles. The third-order valence-electron chi connectivity index (χ3n) is 3.45. The predicted octanol–water partition coefficient (Wildman–Crippen LogP) is 2.75. The molecule has 3 rings (SSSR count). The molecule has 0 aliphatic carbocycles. The van der Waals surface area contributed by atoms with Gasteiger partial charge >= 0.3 is 0 Å². The maximum absolute atomic E-state index is 4.51. The Balaban J connectivity index is 1.94. The zero-order chi connectivity index (χ0) is 11.7. The van der Waals surface area contributed by atoms with Gasteiger partial charge in [0.25, 0.3) is 0 Å². The molecular weight excluding hydrogens is 230 g/mol. The van der Waals surface area contributed by atoms with E-state index in [0.29, 0.717) is 5.92 Å². The summed E-state index contributed by atoms with van der Waals surface area (Å²) in [6.45, 7) is 2.27. The molecule has 1 aliphatic rings. The average molecular weight is 247 g/mol. The van der Waals surface area contributed by atoms with Gasteiger partial charge in [-0.05, 0) is 49.3 Å². The molecule has 90 valence electrons. The van der Waals surface area contributed by atoms with Crippen LogP contribution in [0.25, 0.3) is 11.0 Å². The third kappa shape index (κ3) is 2.19. The number of hydrogen-bond acceptors (Lipinski definition) is 3. The van der Waals surface area contributed by atoms with E-state index in [2.05, 4.69) is 33.5 Å². The van der Waals surface area contributed by atoms with Crippen LogP contribution in [-0.4, -0.2) is 29.3 Å². The summed E-state index contributed by atoms with van der Waals surface area (Å²) >= 11 is 1.66. The van der Waals surface area contributed by atoms with Crippen LogP contribution < -0.4 is 5.32 Å². The van der Waals surface area contributed by atoms with Crippen molar-refractivity contribution in [2.45, 2.75) is 23.9 Å². The number of rotatable bonds is 2. The molecule has 1 aromatic carbocycles. The highest BCUT2D eigenvalue weighted by Gasteiger charge is 2.15. The number of nitrogens with zero attached hydrogens (tertiary/aromatic N) is 1. The summed E-state index contributed by atoms with van der Waals surface area (Å²) in [5, 5.41) is 4.47. The Labute approximate surface area is 105 Å². The van der Waals surface area contributed by atoms with Crippen molar-refractivity contribution in [1.82, 2.24) is 15.3 Å². The summed E-state index contributed by atoms with van der Waals surface area (Å²) in [6, 6.07) is 6.63. The van der Waals surface area contributed by atoms with Gasteiger partial charge in [-0.1, -0.05) is 17.8 Å². The summed E-state index contributed by atoms with van der Waals surface area (Å²) in [4.78, 5) is 7.87. The average Bonchev–Trinajstić information content (AvgIpc) is 2.81. The van der Waals surface area contributed by atoms with Gasteiger partial charge in [-0.25, -0.2) is 4.98 Å². The smallest absolute Gasteiger partial charge is 0.166 e. The molecular formula is C13H17N3S. The predicted molar refractivity (Wildman–Crippen MR) is 72.7 cm³/mol. The van der Waals surface area contributed by atoms with E-state index in [-0.39, 0.29) is 0 Å². The Morgan fingerprint density at radius 2 is 2.35 bits per heavy atom. The van der Waals surface area contributed by atoms with Crippen molar-refractivity contribution in [2.75, 3.05) is 19.3 Å². The molecule has 3 nitrogen and oxygen atoms in total. The van der Waals surface area contributed by atoms with Crippen molar-refractivity contribution in [1.29, 1.82) is 0 Å². The normalized spacial score (nSPS) is 20.9. The number of fused-ring (bicyclic) bond motifs is 1. The van der Waals surface area contributed by atoms with Crippen LogP contribution in [0.15, 0.2) is 23.4 Å². The molecule has 1 unspecified atom stereocenters. The van der Waals surface area contributed by atoms with Crippen molar-refractivity contribution in [3.63, 3.8) is 0 Å². The minimum Gasteiger partial charge on any atom is -0.333 e. The molecule has 0 spiro atoms. The number of benzene rings is 1. The lowest BCUT2D eigenvalue weighted by molar-refractivity contribution is 0.462. The van der Waals surface area contributed by atoms with E-state index in [4.69, 9.17) is 0 Å². The van der Waals surface area contributed by atoms with Gasteiger partial charge in [0.15, 0.2) is 5.16 Å². The number of imidazole rings is 1. The molecule has 2 N–H and O–H groups in total. The minimum absolute atomic E-state index is 0.661. The van der Waals surface area contributed by atoms with Crippen LogP contribution in [0.5, 0.6) is 0 Å². The maximum atomic E-state index is 4.51. The van der Waals surface area contributed by atoms with Crippen LogP contribution in [0.4, 0.5) is 0 Å². The largest absolute Gasteiger partial charge is 0.333 e. The highest BCUT2D eigenvalue weighted by molar-refractivity contribution is 7.98. The first-order valence-corrected chi connectivity index (χ1v) is 7.33. The Hall–Kier alpha value is -1.00. The van der Waals surface area contributed by atoms with Crippen molar-refractivity contribution in [3.05, 3.63) is 23.8 Å². The topological polar surface area (TPSA) is 40.7 Å². The van der Waals surface area contributed by atoms with Gasteiger partial charge in [0, 0.05) is 6.54 Å². The van der Waals surface area contributed by atoms with Crippen molar-refractivity contribution in [3.8, 4) is 0 Å². The molecule has 0 saturated carbocycles. The van der Waals surface area contributed by atoms with E-state index >= 15 is 0 Å². The Morgan fingerprint density at radius 3 is 3.12 bits per heavy atom. The van der Waals surface area contributed by atoms with E-state index < -0.39 is 0 Å². The molecule has 17 heavy (non-hydrogen) atoms. The molecule has 1 fully saturated rings. The number of aromatic nitrogens is 2. The molecule has 2 heterocycles. The number of thioether (sulfide) groups is 1. The number of aromatic amines is 1. The molecule has 0 amide bonds. The van der Waals surface area contributed by atoms with Gasteiger partial charge in [0.2, 0.25) is 0 Å². The molecule has 4 heteroatoms. The summed E-state index contributed by atoms with van der Waals surface area (Å²) in [7, 11) is 0. The van der Waals surface area contributed by atoms with E-state index in [1.165, 1.54) is 24.9 Å². The molecule has 1 saturated heterocycles. The minimum atomic E-state index is 0.661. The first-order valence-electron chi connectivity index (χ1n) is 6.11. The fraction of sp³-hybridized carbons (Fsp3) is 0.462. The van der Waals surface area contributed by atoms with Crippen molar-refractivity contribution < 1.29 is 0 Å². The number of nitrogens with one attached hydrogen (secondary N) is 2. The second-order valence-electron chi connectivity index (χ2n) is 4.57. The molecule has 0 radical (unpaired) electrons. The van der Waals surface area contributed by atoms with E-state index in [0.717, 1.165) is 22.7 Å². The van der Waals surface area contributed by atoms with Crippen LogP contribution in [0.2, 0.25) is 0 Å². The van der Waals surface area contributed by atoms with Gasteiger partial charge in [-0.2, -0.15) is 0 Å². The van der Waals surface area contributed by atoms with Crippen molar-refractivity contribution in [2.24, 2.45) is 0 Å². The first-order chi connectivity index (χ1) is 8.36. The summed E-state index contributed by atoms with van der Waals surface area (Å²) in [6.07, 6.45) is 4.62. The van der Waals surface area contributed by atoms with Gasteiger partial charge < -0.3 is 10.3 Å². The van der Waals surface area contributed by atoms with Gasteiger partial charge in [0.05, 0.1) is 11.0 Å². The summed E-state index contributed by atoms with van der Waals surface area (Å²) < 4.78 is 0. The van der Waals surface area contributed by atoms with E-state index in [1.807, 2.05) is 6.26 Å². The molecule has 1 aromatic heterocycles. The number of piperidine rings is 1. The highest BCUT2D eigenvalue weighted by atomic mass is 32.2. The third-order valence-corrected chi connectivity index (χ3v) is 4.03. The fourth-order valence-corrected chi connectivity index (χ4v) is 2.89. The molecule has 2 aromatic rings. The number of hydrogen-bond donors (Lipinski definition) is 2. The molecule has 1 atom stereocenters. The zero-order valence-corrected chi connectivity index (χ0v) is 10.8. The van der Waals surface area contributed by atoms with Gasteiger partial charge in [-0.15, -0.1) is 0 Å². The monoisotopic (exact) mass is 247 g/mol. The van der Waals surface area contributed by atoms with Crippen LogP contribution >= 0.6 is 11.8 Å². The quantitative estimate of drug-likeness (QED) is 0.802. The van der Waals surface area contributed by atoms with Crippen LogP contribution in [0.3, 0.4) is 0 Å². The highest BCUT2D eigenvalue weighted by Crippen LogP contribution is 2.26. The van der Waals surface area contributed by atoms with Crippen molar-refractivity contribution >= 4 is 22.8 Å². The van der Waals surface area contributed by atoms with Crippen LogP contribution in [0, 0.1) is 0 Å². The summed E-state index contributed by atoms with van der Waals surface area (Å²) in [5.74, 6) is 0.661. The van der Waals surface area contributed by atoms with Gasteiger partial charge in [-0.3, -0.25) is 0 Å². The Morgan fingerprint density at radius 1 is 1.41 bits per heavy atom. The summed E-state index contributed by atoms with van der Waals surface area (Å²) in [5.41, 5.74) is 3.67. The van der Waals surface area contributed by atoms with E-state index in [1.54, 1.807) is 11.8 Å². The number of H-pyrrole nitrogens is 1. The maximum Gasteiger partial charge on any atom is 0.166 e. The van der Waals surface area contributed by atoms with Crippen LogP contribution in [0.1, 0.15) is 24.3 Å². The lowest BCUT2D eigenvalue weighted by Crippen LogP contribution is -2.28.